The highest BCUT2D eigenvalue weighted by Gasteiger charge is 2.14. The molecule has 4 heteroatoms. The molecule has 0 aliphatic carbocycles. The van der Waals surface area contributed by atoms with E-state index in [2.05, 4.69) is 36.1 Å². The lowest BCUT2D eigenvalue weighted by atomic mass is 10.2. The van der Waals surface area contributed by atoms with Crippen LogP contribution in [0.4, 0.5) is 5.82 Å². The van der Waals surface area contributed by atoms with Gasteiger partial charge in [-0.3, -0.25) is 0 Å². The van der Waals surface area contributed by atoms with E-state index in [1.807, 2.05) is 6.07 Å². The van der Waals surface area contributed by atoms with Crippen molar-refractivity contribution in [1.29, 1.82) is 0 Å². The molecule has 0 aromatic carbocycles. The van der Waals surface area contributed by atoms with E-state index in [1.54, 1.807) is 7.11 Å². The van der Waals surface area contributed by atoms with Gasteiger partial charge < -0.3 is 10.1 Å². The first kappa shape index (κ1) is 14.9. The average molecular weight is 251 g/mol. The van der Waals surface area contributed by atoms with Gasteiger partial charge in [-0.15, -0.1) is 0 Å². The van der Waals surface area contributed by atoms with E-state index in [0.717, 1.165) is 49.6 Å². The van der Waals surface area contributed by atoms with Crippen LogP contribution in [-0.4, -0.2) is 23.6 Å². The molecule has 0 amide bonds. The van der Waals surface area contributed by atoms with E-state index in [4.69, 9.17) is 4.74 Å². The van der Waals surface area contributed by atoms with Crippen LogP contribution in [0.1, 0.15) is 57.7 Å². The highest BCUT2D eigenvalue weighted by molar-refractivity contribution is 5.36. The second-order valence-corrected chi connectivity index (χ2v) is 4.40. The van der Waals surface area contributed by atoms with E-state index in [0.29, 0.717) is 0 Å². The maximum Gasteiger partial charge on any atom is 0.159 e. The lowest BCUT2D eigenvalue weighted by molar-refractivity contribution is 0.0875. The molecule has 1 atom stereocenters. The van der Waals surface area contributed by atoms with Crippen LogP contribution in [0.15, 0.2) is 6.07 Å². The summed E-state index contributed by atoms with van der Waals surface area (Å²) in [6.07, 6.45) is 4.03. The molecule has 0 radical (unpaired) electrons. The van der Waals surface area contributed by atoms with Crippen molar-refractivity contribution in [2.24, 2.45) is 0 Å². The van der Waals surface area contributed by atoms with Gasteiger partial charge in [0, 0.05) is 25.4 Å². The Kier molecular flexibility index (Phi) is 6.65. The molecule has 1 unspecified atom stereocenters. The molecular weight excluding hydrogens is 226 g/mol. The summed E-state index contributed by atoms with van der Waals surface area (Å²) in [4.78, 5) is 9.14. The molecule has 1 N–H and O–H groups in total. The standard InChI is InChI=1S/C14H25N3O/c1-5-8-12(18-4)14-16-11(7-3)10-13(17-14)15-9-6-2/h10,12H,5-9H2,1-4H3,(H,15,16,17). The fraction of sp³-hybridized carbons (Fsp3) is 0.714. The zero-order chi connectivity index (χ0) is 13.4. The van der Waals surface area contributed by atoms with Crippen LogP contribution in [0.25, 0.3) is 0 Å². The van der Waals surface area contributed by atoms with Crippen molar-refractivity contribution in [3.63, 3.8) is 0 Å². The number of ether oxygens (including phenoxy) is 1. The highest BCUT2D eigenvalue weighted by Crippen LogP contribution is 2.20. The first-order chi connectivity index (χ1) is 8.74. The van der Waals surface area contributed by atoms with Crippen LogP contribution < -0.4 is 5.32 Å². The van der Waals surface area contributed by atoms with Gasteiger partial charge in [0.15, 0.2) is 5.82 Å². The number of hydrogen-bond donors (Lipinski definition) is 1. The molecule has 1 aromatic heterocycles. The Labute approximate surface area is 110 Å². The lowest BCUT2D eigenvalue weighted by Crippen LogP contribution is -2.11. The van der Waals surface area contributed by atoms with Gasteiger partial charge in [0.05, 0.1) is 0 Å². The molecule has 0 spiro atoms. The Hall–Kier alpha value is -1.16. The number of nitrogens with one attached hydrogen (secondary N) is 1. The third kappa shape index (κ3) is 4.26. The Morgan fingerprint density at radius 1 is 1.22 bits per heavy atom. The summed E-state index contributed by atoms with van der Waals surface area (Å²) < 4.78 is 5.48. The number of methoxy groups -OCH3 is 1. The molecule has 1 heterocycles. The largest absolute Gasteiger partial charge is 0.373 e. The lowest BCUT2D eigenvalue weighted by Gasteiger charge is -2.15. The van der Waals surface area contributed by atoms with Crippen LogP contribution in [-0.2, 0) is 11.2 Å². The Bertz CT molecular complexity index is 355. The van der Waals surface area contributed by atoms with Crippen molar-refractivity contribution < 1.29 is 4.74 Å². The SMILES string of the molecule is CCCNc1cc(CC)nc(C(CCC)OC)n1. The molecule has 0 fully saturated rings. The molecule has 18 heavy (non-hydrogen) atoms. The molecule has 0 aliphatic rings. The second-order valence-electron chi connectivity index (χ2n) is 4.40. The third-order valence-electron chi connectivity index (χ3n) is 2.84. The molecule has 1 rings (SSSR count). The zero-order valence-corrected chi connectivity index (χ0v) is 12.0. The fourth-order valence-corrected chi connectivity index (χ4v) is 1.80. The predicted octanol–water partition coefficient (Wildman–Crippen LogP) is 3.35. The van der Waals surface area contributed by atoms with Gasteiger partial charge in [-0.1, -0.05) is 27.2 Å². The van der Waals surface area contributed by atoms with Crippen LogP contribution in [0.5, 0.6) is 0 Å². The fourth-order valence-electron chi connectivity index (χ4n) is 1.80. The number of rotatable bonds is 8. The smallest absolute Gasteiger partial charge is 0.159 e. The first-order valence-corrected chi connectivity index (χ1v) is 6.89. The van der Waals surface area contributed by atoms with Gasteiger partial charge in [0.1, 0.15) is 11.9 Å². The molecular formula is C14H25N3O. The zero-order valence-electron chi connectivity index (χ0n) is 12.0. The minimum Gasteiger partial charge on any atom is -0.373 e. The van der Waals surface area contributed by atoms with E-state index in [-0.39, 0.29) is 6.10 Å². The number of aromatic nitrogens is 2. The Morgan fingerprint density at radius 3 is 2.56 bits per heavy atom. The first-order valence-electron chi connectivity index (χ1n) is 6.89. The second kappa shape index (κ2) is 8.03. The molecule has 102 valence electrons. The summed E-state index contributed by atoms with van der Waals surface area (Å²) >= 11 is 0. The van der Waals surface area contributed by atoms with Crippen molar-refractivity contribution in [3.8, 4) is 0 Å². The number of nitrogens with zero attached hydrogens (tertiary/aromatic N) is 2. The number of hydrogen-bond acceptors (Lipinski definition) is 4. The van der Waals surface area contributed by atoms with Crippen molar-refractivity contribution in [3.05, 3.63) is 17.6 Å². The maximum absolute atomic E-state index is 5.48. The molecule has 0 aliphatic heterocycles. The van der Waals surface area contributed by atoms with Gasteiger partial charge >= 0.3 is 0 Å². The summed E-state index contributed by atoms with van der Waals surface area (Å²) in [5.74, 6) is 1.72. The Balaban J connectivity index is 2.94. The van der Waals surface area contributed by atoms with Gasteiger partial charge in [-0.25, -0.2) is 9.97 Å². The van der Waals surface area contributed by atoms with Crippen LogP contribution in [0.3, 0.4) is 0 Å². The van der Waals surface area contributed by atoms with E-state index < -0.39 is 0 Å². The van der Waals surface area contributed by atoms with Crippen molar-refractivity contribution in [2.45, 2.75) is 52.6 Å². The molecule has 0 bridgehead atoms. The van der Waals surface area contributed by atoms with Crippen molar-refractivity contribution in [2.75, 3.05) is 19.0 Å². The minimum atomic E-state index is 0.00340. The quantitative estimate of drug-likeness (QED) is 0.769. The van der Waals surface area contributed by atoms with Crippen LogP contribution >= 0.6 is 0 Å². The molecule has 0 saturated carbocycles. The van der Waals surface area contributed by atoms with Crippen molar-refractivity contribution in [1.82, 2.24) is 9.97 Å². The number of anilines is 1. The minimum absolute atomic E-state index is 0.00340. The van der Waals surface area contributed by atoms with Crippen LogP contribution in [0, 0.1) is 0 Å². The highest BCUT2D eigenvalue weighted by atomic mass is 16.5. The third-order valence-corrected chi connectivity index (χ3v) is 2.84. The molecule has 4 nitrogen and oxygen atoms in total. The molecule has 0 saturated heterocycles. The average Bonchev–Trinajstić information content (AvgIpc) is 2.42. The van der Waals surface area contributed by atoms with Gasteiger partial charge in [-0.05, 0) is 19.3 Å². The summed E-state index contributed by atoms with van der Waals surface area (Å²) in [7, 11) is 1.72. The van der Waals surface area contributed by atoms with E-state index in [1.165, 1.54) is 0 Å². The topological polar surface area (TPSA) is 47.0 Å². The summed E-state index contributed by atoms with van der Waals surface area (Å²) in [6.45, 7) is 7.33. The van der Waals surface area contributed by atoms with E-state index in [9.17, 15) is 0 Å². The number of aryl methyl sites for hydroxylation is 1. The summed E-state index contributed by atoms with van der Waals surface area (Å²) in [5.41, 5.74) is 1.07. The molecule has 1 aromatic rings. The van der Waals surface area contributed by atoms with Gasteiger partial charge in [0.2, 0.25) is 0 Å². The van der Waals surface area contributed by atoms with E-state index >= 15 is 0 Å². The predicted molar refractivity (Wildman–Crippen MR) is 74.8 cm³/mol. The normalized spacial score (nSPS) is 12.4. The van der Waals surface area contributed by atoms with Gasteiger partial charge in [0.25, 0.3) is 0 Å². The maximum atomic E-state index is 5.48. The van der Waals surface area contributed by atoms with Gasteiger partial charge in [-0.2, -0.15) is 0 Å². The van der Waals surface area contributed by atoms with Crippen molar-refractivity contribution >= 4 is 5.82 Å². The monoisotopic (exact) mass is 251 g/mol. The Morgan fingerprint density at radius 2 is 2.00 bits per heavy atom. The summed E-state index contributed by atoms with van der Waals surface area (Å²) in [5, 5.41) is 3.32. The van der Waals surface area contributed by atoms with Crippen LogP contribution in [0.2, 0.25) is 0 Å². The summed E-state index contributed by atoms with van der Waals surface area (Å²) in [6, 6.07) is 2.03.